The highest BCUT2D eigenvalue weighted by Crippen LogP contribution is 2.09. The van der Waals surface area contributed by atoms with E-state index in [1.807, 2.05) is 0 Å². The fourth-order valence-electron chi connectivity index (χ4n) is 1.19. The van der Waals surface area contributed by atoms with Crippen molar-refractivity contribution in [2.75, 3.05) is 11.5 Å². The number of imide groups is 1. The first-order chi connectivity index (χ1) is 9.40. The number of halogens is 1. The molecule has 0 bridgehead atoms. The molecule has 0 fully saturated rings. The van der Waals surface area contributed by atoms with Gasteiger partial charge in [0.25, 0.3) is 5.91 Å². The van der Waals surface area contributed by atoms with Crippen molar-refractivity contribution >= 4 is 41.1 Å². The number of carbonyl (C=O) groups is 3. The van der Waals surface area contributed by atoms with Gasteiger partial charge in [0.15, 0.2) is 0 Å². The monoisotopic (exact) mass is 316 g/mol. The first kappa shape index (κ1) is 16.5. The van der Waals surface area contributed by atoms with Gasteiger partial charge >= 0.3 is 5.97 Å². The van der Waals surface area contributed by atoms with Crippen molar-refractivity contribution in [3.63, 3.8) is 0 Å². The summed E-state index contributed by atoms with van der Waals surface area (Å²) in [5.41, 5.74) is 5.59. The molecule has 6 nitrogen and oxygen atoms in total. The number of hydrogen-bond donors (Lipinski definition) is 3. The Morgan fingerprint density at radius 2 is 1.90 bits per heavy atom. The zero-order valence-electron chi connectivity index (χ0n) is 10.3. The number of carbonyl (C=O) groups excluding carboxylic acids is 2. The van der Waals surface area contributed by atoms with Crippen LogP contribution in [0.2, 0.25) is 5.02 Å². The van der Waals surface area contributed by atoms with Crippen LogP contribution in [0.5, 0.6) is 0 Å². The van der Waals surface area contributed by atoms with E-state index in [1.165, 1.54) is 12.1 Å². The van der Waals surface area contributed by atoms with Crippen molar-refractivity contribution < 1.29 is 19.5 Å². The number of carboxylic acid groups (broad SMARTS) is 1. The summed E-state index contributed by atoms with van der Waals surface area (Å²) in [6, 6.07) is 5.06. The second kappa shape index (κ2) is 7.88. The predicted molar refractivity (Wildman–Crippen MR) is 76.9 cm³/mol. The maximum atomic E-state index is 11.7. The van der Waals surface area contributed by atoms with Crippen LogP contribution in [0, 0.1) is 0 Å². The number of carboxylic acids is 1. The lowest BCUT2D eigenvalue weighted by Crippen LogP contribution is -2.35. The molecule has 108 valence electrons. The third-order valence-electron chi connectivity index (χ3n) is 2.21. The van der Waals surface area contributed by atoms with E-state index >= 15 is 0 Å². The number of thioether (sulfide) groups is 1. The molecule has 1 aromatic carbocycles. The highest BCUT2D eigenvalue weighted by atomic mass is 35.5. The molecule has 0 unspecified atom stereocenters. The van der Waals surface area contributed by atoms with Gasteiger partial charge in [-0.2, -0.15) is 0 Å². The molecule has 20 heavy (non-hydrogen) atoms. The Morgan fingerprint density at radius 1 is 1.30 bits per heavy atom. The minimum atomic E-state index is -1.13. The summed E-state index contributed by atoms with van der Waals surface area (Å²) in [7, 11) is 0. The number of amides is 2. The quantitative estimate of drug-likeness (QED) is 0.714. The molecule has 1 aromatic rings. The van der Waals surface area contributed by atoms with Gasteiger partial charge in [-0.05, 0) is 24.3 Å². The van der Waals surface area contributed by atoms with E-state index in [0.717, 1.165) is 11.8 Å². The van der Waals surface area contributed by atoms with Gasteiger partial charge in [0, 0.05) is 16.3 Å². The van der Waals surface area contributed by atoms with Gasteiger partial charge in [-0.15, -0.1) is 11.8 Å². The Hall–Kier alpha value is -1.57. The number of aliphatic carboxylic acids is 1. The zero-order valence-corrected chi connectivity index (χ0v) is 11.9. The Labute approximate surface area is 124 Å². The molecule has 0 aliphatic rings. The van der Waals surface area contributed by atoms with E-state index < -0.39 is 23.8 Å². The average molecular weight is 317 g/mol. The van der Waals surface area contributed by atoms with Crippen molar-refractivity contribution in [1.29, 1.82) is 0 Å². The number of benzene rings is 1. The Bertz CT molecular complexity index is 507. The third kappa shape index (κ3) is 5.60. The molecule has 0 saturated heterocycles. The van der Waals surface area contributed by atoms with Crippen LogP contribution in [0.3, 0.4) is 0 Å². The summed E-state index contributed by atoms with van der Waals surface area (Å²) >= 11 is 6.73. The first-order valence-electron chi connectivity index (χ1n) is 5.56. The topological polar surface area (TPSA) is 109 Å². The number of nitrogens with two attached hydrogens (primary N) is 1. The molecule has 0 saturated carbocycles. The van der Waals surface area contributed by atoms with Crippen LogP contribution in [0.25, 0.3) is 0 Å². The fourth-order valence-corrected chi connectivity index (χ4v) is 2.08. The van der Waals surface area contributed by atoms with Gasteiger partial charge in [-0.1, -0.05) is 11.6 Å². The van der Waals surface area contributed by atoms with Crippen molar-refractivity contribution in [2.24, 2.45) is 5.73 Å². The fraction of sp³-hybridized carbons (Fsp3) is 0.250. The molecule has 0 aromatic heterocycles. The largest absolute Gasteiger partial charge is 0.480 e. The average Bonchev–Trinajstić information content (AvgIpc) is 2.39. The van der Waals surface area contributed by atoms with Crippen LogP contribution in [0.4, 0.5) is 0 Å². The Balaban J connectivity index is 2.37. The summed E-state index contributed by atoms with van der Waals surface area (Å²) in [5, 5.41) is 11.2. The second-order valence-electron chi connectivity index (χ2n) is 3.84. The molecule has 0 radical (unpaired) electrons. The van der Waals surface area contributed by atoms with Gasteiger partial charge in [0.2, 0.25) is 5.91 Å². The highest BCUT2D eigenvalue weighted by Gasteiger charge is 2.14. The van der Waals surface area contributed by atoms with Crippen LogP contribution in [-0.2, 0) is 9.59 Å². The predicted octanol–water partition coefficient (Wildman–Crippen LogP) is 0.741. The maximum Gasteiger partial charge on any atom is 0.321 e. The van der Waals surface area contributed by atoms with Gasteiger partial charge in [-0.3, -0.25) is 19.7 Å². The molecule has 0 aliphatic heterocycles. The van der Waals surface area contributed by atoms with E-state index in [4.69, 9.17) is 22.4 Å². The Kier molecular flexibility index (Phi) is 6.50. The van der Waals surface area contributed by atoms with Gasteiger partial charge < -0.3 is 10.8 Å². The Morgan fingerprint density at radius 3 is 2.45 bits per heavy atom. The lowest BCUT2D eigenvalue weighted by Gasteiger charge is -2.06. The molecular weight excluding hydrogens is 304 g/mol. The number of hydrogen-bond acceptors (Lipinski definition) is 5. The molecule has 4 N–H and O–H groups in total. The summed E-state index contributed by atoms with van der Waals surface area (Å²) < 4.78 is 0. The van der Waals surface area contributed by atoms with E-state index in [1.54, 1.807) is 12.1 Å². The maximum absolute atomic E-state index is 11.7. The van der Waals surface area contributed by atoms with Crippen molar-refractivity contribution in [2.45, 2.75) is 6.04 Å². The smallest absolute Gasteiger partial charge is 0.321 e. The van der Waals surface area contributed by atoms with Crippen molar-refractivity contribution in [3.8, 4) is 0 Å². The van der Waals surface area contributed by atoms with E-state index in [2.05, 4.69) is 5.32 Å². The molecule has 1 rings (SSSR count). The third-order valence-corrected chi connectivity index (χ3v) is 3.52. The van der Waals surface area contributed by atoms with Gasteiger partial charge in [0.1, 0.15) is 6.04 Å². The van der Waals surface area contributed by atoms with E-state index in [0.29, 0.717) is 10.6 Å². The molecule has 8 heteroatoms. The standard InChI is InChI=1S/C12H13ClN2O4S/c13-8-3-1-7(2-4-8)11(17)15-10(16)6-20-5-9(14)12(18)19/h1-4,9H,5-6,14H2,(H,18,19)(H,15,16,17)/t9-/m1/s1. The molecule has 0 spiro atoms. The van der Waals surface area contributed by atoms with E-state index in [-0.39, 0.29) is 11.5 Å². The van der Waals surface area contributed by atoms with Crippen LogP contribution < -0.4 is 11.1 Å². The lowest BCUT2D eigenvalue weighted by atomic mass is 10.2. The van der Waals surface area contributed by atoms with Gasteiger partial charge in [-0.25, -0.2) is 0 Å². The second-order valence-corrected chi connectivity index (χ2v) is 5.31. The minimum absolute atomic E-state index is 0.0414. The normalized spacial score (nSPS) is 11.7. The highest BCUT2D eigenvalue weighted by molar-refractivity contribution is 8.00. The van der Waals surface area contributed by atoms with Crippen LogP contribution in [-0.4, -0.2) is 40.4 Å². The van der Waals surface area contributed by atoms with Crippen LogP contribution in [0.1, 0.15) is 10.4 Å². The van der Waals surface area contributed by atoms with E-state index in [9.17, 15) is 14.4 Å². The first-order valence-corrected chi connectivity index (χ1v) is 7.09. The SMILES string of the molecule is N[C@H](CSCC(=O)NC(=O)c1ccc(Cl)cc1)C(=O)O. The van der Waals surface area contributed by atoms with Crippen LogP contribution >= 0.6 is 23.4 Å². The summed E-state index contributed by atoms with van der Waals surface area (Å²) in [6.07, 6.45) is 0. The lowest BCUT2D eigenvalue weighted by molar-refractivity contribution is -0.138. The molecule has 2 amide bonds. The van der Waals surface area contributed by atoms with Crippen molar-refractivity contribution in [1.82, 2.24) is 5.32 Å². The molecular formula is C12H13ClN2O4S. The molecule has 0 aliphatic carbocycles. The minimum Gasteiger partial charge on any atom is -0.480 e. The van der Waals surface area contributed by atoms with Crippen molar-refractivity contribution in [3.05, 3.63) is 34.9 Å². The van der Waals surface area contributed by atoms with Gasteiger partial charge in [0.05, 0.1) is 5.75 Å². The molecule has 1 atom stereocenters. The molecule has 0 heterocycles. The summed E-state index contributed by atoms with van der Waals surface area (Å²) in [6.45, 7) is 0. The number of nitrogens with one attached hydrogen (secondary N) is 1. The number of rotatable bonds is 6. The zero-order chi connectivity index (χ0) is 15.1. The van der Waals surface area contributed by atoms with Crippen LogP contribution in [0.15, 0.2) is 24.3 Å². The summed E-state index contributed by atoms with van der Waals surface area (Å²) in [5.74, 6) is -2.12. The summed E-state index contributed by atoms with van der Waals surface area (Å²) in [4.78, 5) is 33.6.